The summed E-state index contributed by atoms with van der Waals surface area (Å²) in [7, 11) is 0. The van der Waals surface area contributed by atoms with Crippen LogP contribution in [-0.4, -0.2) is 12.6 Å². The lowest BCUT2D eigenvalue weighted by Crippen LogP contribution is -2.43. The first-order valence-corrected chi connectivity index (χ1v) is 8.28. The quantitative estimate of drug-likeness (QED) is 0.882. The Bertz CT molecular complexity index is 458. The van der Waals surface area contributed by atoms with Gasteiger partial charge in [0.15, 0.2) is 0 Å². The van der Waals surface area contributed by atoms with Crippen LogP contribution >= 0.6 is 15.9 Å². The smallest absolute Gasteiger partial charge is 0.0428 e. The molecule has 1 aliphatic carbocycles. The van der Waals surface area contributed by atoms with Crippen LogP contribution in [0.1, 0.15) is 50.6 Å². The first-order chi connectivity index (χ1) is 9.16. The molecule has 1 aromatic rings. The lowest BCUT2D eigenvalue weighted by Gasteiger charge is -2.41. The van der Waals surface area contributed by atoms with Crippen LogP contribution in [0.25, 0.3) is 0 Å². The highest BCUT2D eigenvalue weighted by atomic mass is 79.9. The molecule has 1 aliphatic heterocycles. The van der Waals surface area contributed by atoms with E-state index in [1.165, 1.54) is 49.9 Å². The van der Waals surface area contributed by atoms with Gasteiger partial charge < -0.3 is 10.6 Å². The van der Waals surface area contributed by atoms with Gasteiger partial charge in [-0.15, -0.1) is 0 Å². The Morgan fingerprint density at radius 1 is 1.26 bits per heavy atom. The molecule has 3 unspecified atom stereocenters. The summed E-state index contributed by atoms with van der Waals surface area (Å²) in [4.78, 5) is 2.64. The van der Waals surface area contributed by atoms with E-state index in [-0.39, 0.29) is 6.04 Å². The molecule has 104 valence electrons. The molecule has 2 nitrogen and oxygen atoms in total. The third-order valence-electron chi connectivity index (χ3n) is 4.79. The minimum atomic E-state index is 0.102. The Labute approximate surface area is 124 Å². The number of anilines is 1. The first kappa shape index (κ1) is 13.4. The lowest BCUT2D eigenvalue weighted by atomic mass is 9.90. The van der Waals surface area contributed by atoms with Gasteiger partial charge in [-0.05, 0) is 56.2 Å². The van der Waals surface area contributed by atoms with E-state index < -0.39 is 0 Å². The zero-order chi connectivity index (χ0) is 13.4. The maximum absolute atomic E-state index is 6.17. The molecule has 3 atom stereocenters. The molecule has 0 spiro atoms. The van der Waals surface area contributed by atoms with E-state index in [9.17, 15) is 0 Å². The second kappa shape index (κ2) is 5.45. The highest BCUT2D eigenvalue weighted by Crippen LogP contribution is 2.41. The number of nitrogens with zero attached hydrogens (tertiary/aromatic N) is 1. The van der Waals surface area contributed by atoms with Crippen molar-refractivity contribution in [2.24, 2.45) is 11.7 Å². The summed E-state index contributed by atoms with van der Waals surface area (Å²) >= 11 is 3.62. The molecule has 2 aliphatic rings. The van der Waals surface area contributed by atoms with Crippen LogP contribution in [0.5, 0.6) is 0 Å². The van der Waals surface area contributed by atoms with Crippen LogP contribution in [0.15, 0.2) is 22.7 Å². The van der Waals surface area contributed by atoms with Crippen LogP contribution in [0.2, 0.25) is 0 Å². The number of nitrogens with two attached hydrogens (primary N) is 1. The Hall–Kier alpha value is -0.540. The Kier molecular flexibility index (Phi) is 3.86. The van der Waals surface area contributed by atoms with Crippen LogP contribution in [0.4, 0.5) is 5.69 Å². The molecule has 0 amide bonds. The number of benzene rings is 1. The molecule has 0 radical (unpaired) electrons. The number of hydrogen-bond donors (Lipinski definition) is 1. The molecule has 19 heavy (non-hydrogen) atoms. The van der Waals surface area contributed by atoms with Crippen molar-refractivity contribution >= 4 is 21.6 Å². The summed E-state index contributed by atoms with van der Waals surface area (Å²) in [5.74, 6) is 0.911. The van der Waals surface area contributed by atoms with E-state index in [1.54, 1.807) is 0 Å². The van der Waals surface area contributed by atoms with Gasteiger partial charge in [0.2, 0.25) is 0 Å². The van der Waals surface area contributed by atoms with Gasteiger partial charge in [-0.25, -0.2) is 0 Å². The maximum Gasteiger partial charge on any atom is 0.0428 e. The molecule has 0 aromatic heterocycles. The highest BCUT2D eigenvalue weighted by Gasteiger charge is 2.35. The van der Waals surface area contributed by atoms with Crippen LogP contribution in [-0.2, 0) is 0 Å². The van der Waals surface area contributed by atoms with Crippen LogP contribution in [0, 0.1) is 5.92 Å². The van der Waals surface area contributed by atoms with Gasteiger partial charge in [-0.1, -0.05) is 28.4 Å². The number of rotatable bonds is 2. The minimum Gasteiger partial charge on any atom is -0.368 e. The third kappa shape index (κ3) is 2.55. The topological polar surface area (TPSA) is 29.3 Å². The van der Waals surface area contributed by atoms with Crippen LogP contribution < -0.4 is 10.6 Å². The monoisotopic (exact) mass is 322 g/mol. The second-order valence-electron chi connectivity index (χ2n) is 6.09. The molecule has 2 fully saturated rings. The summed E-state index contributed by atoms with van der Waals surface area (Å²) < 4.78 is 1.16. The van der Waals surface area contributed by atoms with E-state index >= 15 is 0 Å². The van der Waals surface area contributed by atoms with Gasteiger partial charge in [0.05, 0.1) is 0 Å². The highest BCUT2D eigenvalue weighted by molar-refractivity contribution is 9.10. The molecule has 2 N–H and O–H groups in total. The van der Waals surface area contributed by atoms with Crippen molar-refractivity contribution in [3.8, 4) is 0 Å². The zero-order valence-corrected chi connectivity index (χ0v) is 13.2. The summed E-state index contributed by atoms with van der Waals surface area (Å²) in [5.41, 5.74) is 8.82. The molecule has 3 rings (SSSR count). The predicted molar refractivity (Wildman–Crippen MR) is 84.5 cm³/mol. The Morgan fingerprint density at radius 3 is 2.84 bits per heavy atom. The molecule has 1 saturated heterocycles. The third-order valence-corrected chi connectivity index (χ3v) is 5.28. The number of halogens is 1. The van der Waals surface area contributed by atoms with E-state index in [0.717, 1.165) is 16.4 Å². The summed E-state index contributed by atoms with van der Waals surface area (Å²) in [6, 6.07) is 7.41. The Balaban J connectivity index is 1.98. The van der Waals surface area contributed by atoms with Crippen molar-refractivity contribution in [3.63, 3.8) is 0 Å². The fraction of sp³-hybridized carbons (Fsp3) is 0.625. The normalized spacial score (nSPS) is 28.3. The lowest BCUT2D eigenvalue weighted by molar-refractivity contribution is 0.361. The molecular weight excluding hydrogens is 300 g/mol. The molecule has 1 aromatic carbocycles. The van der Waals surface area contributed by atoms with E-state index in [0.29, 0.717) is 0 Å². The van der Waals surface area contributed by atoms with Crippen LogP contribution in [0.3, 0.4) is 0 Å². The first-order valence-electron chi connectivity index (χ1n) is 7.48. The van der Waals surface area contributed by atoms with Gasteiger partial charge in [-0.3, -0.25) is 0 Å². The SMILES string of the molecule is CC(N)c1ccc(Br)cc1N1CCCC2CCCC21. The van der Waals surface area contributed by atoms with Gasteiger partial charge in [0.1, 0.15) is 0 Å². The molecule has 1 heterocycles. The molecular formula is C16H23BrN2. The standard InChI is InChI=1S/C16H23BrN2/c1-11(18)14-8-7-13(17)10-16(14)19-9-3-5-12-4-2-6-15(12)19/h7-8,10-12,15H,2-6,9,18H2,1H3. The average molecular weight is 323 g/mol. The number of hydrogen-bond acceptors (Lipinski definition) is 2. The second-order valence-corrected chi connectivity index (χ2v) is 7.00. The largest absolute Gasteiger partial charge is 0.368 e. The fourth-order valence-corrected chi connectivity index (χ4v) is 4.25. The minimum absolute atomic E-state index is 0.102. The van der Waals surface area contributed by atoms with Crippen molar-refractivity contribution in [1.29, 1.82) is 0 Å². The zero-order valence-electron chi connectivity index (χ0n) is 11.6. The number of piperidine rings is 1. The van der Waals surface area contributed by atoms with Gasteiger partial charge in [-0.2, -0.15) is 0 Å². The average Bonchev–Trinajstić information content (AvgIpc) is 2.86. The predicted octanol–water partition coefficient (Wildman–Crippen LogP) is 4.24. The summed E-state index contributed by atoms with van der Waals surface area (Å²) in [6.07, 6.45) is 6.92. The fourth-order valence-electron chi connectivity index (χ4n) is 3.90. The summed E-state index contributed by atoms with van der Waals surface area (Å²) in [6.45, 7) is 3.28. The maximum atomic E-state index is 6.17. The van der Waals surface area contributed by atoms with Crippen molar-refractivity contribution in [2.75, 3.05) is 11.4 Å². The van der Waals surface area contributed by atoms with E-state index in [2.05, 4.69) is 46.0 Å². The Morgan fingerprint density at radius 2 is 2.05 bits per heavy atom. The number of fused-ring (bicyclic) bond motifs is 1. The van der Waals surface area contributed by atoms with Crippen molar-refractivity contribution in [1.82, 2.24) is 0 Å². The molecule has 3 heteroatoms. The summed E-state index contributed by atoms with van der Waals surface area (Å²) in [5, 5.41) is 0. The van der Waals surface area contributed by atoms with Gasteiger partial charge in [0, 0.05) is 28.8 Å². The van der Waals surface area contributed by atoms with E-state index in [4.69, 9.17) is 5.73 Å². The van der Waals surface area contributed by atoms with Gasteiger partial charge in [0.25, 0.3) is 0 Å². The molecule has 1 saturated carbocycles. The van der Waals surface area contributed by atoms with Crippen molar-refractivity contribution < 1.29 is 0 Å². The van der Waals surface area contributed by atoms with Crippen molar-refractivity contribution in [3.05, 3.63) is 28.2 Å². The van der Waals surface area contributed by atoms with Crippen molar-refractivity contribution in [2.45, 2.75) is 51.1 Å². The van der Waals surface area contributed by atoms with E-state index in [1.807, 2.05) is 0 Å². The molecule has 0 bridgehead atoms. The van der Waals surface area contributed by atoms with Gasteiger partial charge >= 0.3 is 0 Å².